The number of carbonyl (C=O) groups excluding carboxylic acids is 2. The lowest BCUT2D eigenvalue weighted by Crippen LogP contribution is -2.32. The van der Waals surface area contributed by atoms with Crippen LogP contribution in [0.3, 0.4) is 0 Å². The van der Waals surface area contributed by atoms with Crippen molar-refractivity contribution in [3.8, 4) is 28.1 Å². The van der Waals surface area contributed by atoms with Crippen LogP contribution in [0.5, 0.6) is 5.88 Å². The number of pyridine rings is 2. The zero-order valence-corrected chi connectivity index (χ0v) is 34.0. The number of rotatable bonds is 6. The number of carbonyl (C=O) groups is 2. The summed E-state index contributed by atoms with van der Waals surface area (Å²) in [5.41, 5.74) is -2.64. The Morgan fingerprint density at radius 1 is 0.500 bits per heavy atom. The summed E-state index contributed by atoms with van der Waals surface area (Å²) in [6, 6.07) is 23.9. The van der Waals surface area contributed by atoms with E-state index in [9.17, 15) is 62.3 Å². The standard InChI is InChI=1S/C24H18F6N2O.C23H16F6N2O2/c25-23(26,27)17-11-15(12-18(13-17)24(28,29)30)14-32-10-4-7-20-21(22(32)33)19(8-9-31-20)16-5-2-1-3-6-16;24-22(25,26)16-10-14(11-17(12-16)23(27,28)29)13-31-8-9-33-20-19(21(31)32)18(6-7-30-20)15-4-2-1-3-5-15/h1-3,5-6,8-9,11-13H,4,7,10,14H2;1-7,10-12H,8-9,13H2. The van der Waals surface area contributed by atoms with Gasteiger partial charge in [0.15, 0.2) is 0 Å². The number of aryl methyl sites for hydroxylation is 1. The molecule has 2 amide bonds. The van der Waals surface area contributed by atoms with E-state index >= 15 is 0 Å². The van der Waals surface area contributed by atoms with Gasteiger partial charge in [-0.1, -0.05) is 60.7 Å². The van der Waals surface area contributed by atoms with Crippen molar-refractivity contribution >= 4 is 11.8 Å². The van der Waals surface area contributed by atoms with Gasteiger partial charge < -0.3 is 14.5 Å². The summed E-state index contributed by atoms with van der Waals surface area (Å²) >= 11 is 0. The maximum absolute atomic E-state index is 13.4. The first kappa shape index (κ1) is 47.1. The van der Waals surface area contributed by atoms with Crippen LogP contribution in [-0.4, -0.2) is 51.3 Å². The summed E-state index contributed by atoms with van der Waals surface area (Å²) in [5.74, 6) is -1.01. The summed E-state index contributed by atoms with van der Waals surface area (Å²) in [6.07, 6.45) is -15.8. The molecule has 2 aliphatic heterocycles. The predicted octanol–water partition coefficient (Wildman–Crippen LogP) is 12.2. The fraction of sp³-hybridized carbons (Fsp3) is 0.234. The molecule has 7 nitrogen and oxygen atoms in total. The Balaban J connectivity index is 0.000000196. The predicted molar refractivity (Wildman–Crippen MR) is 216 cm³/mol. The van der Waals surface area contributed by atoms with Crippen LogP contribution in [-0.2, 0) is 44.2 Å². The van der Waals surface area contributed by atoms with E-state index in [-0.39, 0.29) is 60.9 Å². The smallest absolute Gasteiger partial charge is 0.416 e. The number of benzene rings is 4. The fourth-order valence-corrected chi connectivity index (χ4v) is 7.58. The van der Waals surface area contributed by atoms with Gasteiger partial charge in [-0.25, -0.2) is 4.98 Å². The molecule has 2 aromatic heterocycles. The first-order valence-electron chi connectivity index (χ1n) is 19.9. The second-order valence-electron chi connectivity index (χ2n) is 15.2. The molecule has 0 fully saturated rings. The van der Waals surface area contributed by atoms with Gasteiger partial charge in [-0.15, -0.1) is 0 Å². The molecule has 66 heavy (non-hydrogen) atoms. The molecule has 0 saturated carbocycles. The highest BCUT2D eigenvalue weighted by molar-refractivity contribution is 6.03. The highest BCUT2D eigenvalue weighted by Gasteiger charge is 2.39. The van der Waals surface area contributed by atoms with Crippen molar-refractivity contribution in [1.82, 2.24) is 19.8 Å². The first-order valence-corrected chi connectivity index (χ1v) is 19.9. The lowest BCUT2D eigenvalue weighted by atomic mass is 9.97. The van der Waals surface area contributed by atoms with E-state index in [1.54, 1.807) is 48.7 Å². The van der Waals surface area contributed by atoms with Gasteiger partial charge in [0.2, 0.25) is 5.88 Å². The van der Waals surface area contributed by atoms with Crippen LogP contribution in [0, 0.1) is 0 Å². The molecule has 0 saturated heterocycles. The van der Waals surface area contributed by atoms with E-state index in [0.717, 1.165) is 10.5 Å². The van der Waals surface area contributed by atoms with Crippen LogP contribution < -0.4 is 4.74 Å². The van der Waals surface area contributed by atoms with Crippen LogP contribution in [0.2, 0.25) is 0 Å². The summed E-state index contributed by atoms with van der Waals surface area (Å²) in [5, 5.41) is 0. The average molecular weight is 931 g/mol. The Morgan fingerprint density at radius 2 is 0.909 bits per heavy atom. The Labute approximate surface area is 368 Å². The fourth-order valence-electron chi connectivity index (χ4n) is 7.58. The van der Waals surface area contributed by atoms with Crippen molar-refractivity contribution in [2.24, 2.45) is 0 Å². The van der Waals surface area contributed by atoms with Gasteiger partial charge in [-0.2, -0.15) is 52.7 Å². The van der Waals surface area contributed by atoms with E-state index in [1.807, 2.05) is 30.3 Å². The highest BCUT2D eigenvalue weighted by atomic mass is 19.4. The van der Waals surface area contributed by atoms with E-state index in [2.05, 4.69) is 9.97 Å². The molecule has 6 aromatic rings. The number of ether oxygens (including phenoxy) is 1. The lowest BCUT2D eigenvalue weighted by Gasteiger charge is -2.23. The van der Waals surface area contributed by atoms with Crippen molar-refractivity contribution < 1.29 is 67.0 Å². The van der Waals surface area contributed by atoms with E-state index in [4.69, 9.17) is 4.74 Å². The van der Waals surface area contributed by atoms with Gasteiger partial charge in [0.1, 0.15) is 12.2 Å². The quantitative estimate of drug-likeness (QED) is 0.156. The molecule has 4 heterocycles. The van der Waals surface area contributed by atoms with Gasteiger partial charge in [-0.05, 0) is 89.2 Å². The minimum atomic E-state index is -4.97. The van der Waals surface area contributed by atoms with Gasteiger partial charge in [0.25, 0.3) is 11.8 Å². The minimum Gasteiger partial charge on any atom is -0.475 e. The highest BCUT2D eigenvalue weighted by Crippen LogP contribution is 2.39. The normalized spacial score (nSPS) is 14.6. The van der Waals surface area contributed by atoms with Gasteiger partial charge in [-0.3, -0.25) is 14.6 Å². The molecule has 2 aliphatic rings. The van der Waals surface area contributed by atoms with E-state index in [0.29, 0.717) is 65.1 Å². The van der Waals surface area contributed by atoms with Crippen molar-refractivity contribution in [1.29, 1.82) is 0 Å². The molecular weight excluding hydrogens is 897 g/mol. The van der Waals surface area contributed by atoms with Crippen molar-refractivity contribution in [3.63, 3.8) is 0 Å². The van der Waals surface area contributed by atoms with Crippen molar-refractivity contribution in [2.75, 3.05) is 19.7 Å². The van der Waals surface area contributed by atoms with Crippen LogP contribution in [0.15, 0.2) is 122 Å². The summed E-state index contributed by atoms with van der Waals surface area (Å²) in [4.78, 5) is 37.6. The summed E-state index contributed by atoms with van der Waals surface area (Å²) in [6.45, 7) is -0.719. The summed E-state index contributed by atoms with van der Waals surface area (Å²) in [7, 11) is 0. The number of nitrogens with zero attached hydrogens (tertiary/aromatic N) is 4. The number of hydrogen-bond acceptors (Lipinski definition) is 5. The number of hydrogen-bond donors (Lipinski definition) is 0. The second kappa shape index (κ2) is 18.5. The van der Waals surface area contributed by atoms with Crippen LogP contribution in [0.25, 0.3) is 22.3 Å². The third-order valence-electron chi connectivity index (χ3n) is 10.6. The molecule has 0 N–H and O–H groups in total. The van der Waals surface area contributed by atoms with Crippen LogP contribution in [0.4, 0.5) is 52.7 Å². The zero-order chi connectivity index (χ0) is 47.6. The minimum absolute atomic E-state index is 0.0188. The maximum atomic E-state index is 13.4. The second-order valence-corrected chi connectivity index (χ2v) is 15.2. The molecule has 0 spiro atoms. The molecule has 8 rings (SSSR count). The van der Waals surface area contributed by atoms with Gasteiger partial charge >= 0.3 is 24.7 Å². The molecular formula is C47H34F12N4O3. The van der Waals surface area contributed by atoms with Crippen LogP contribution in [0.1, 0.15) is 66.2 Å². The largest absolute Gasteiger partial charge is 0.475 e. The molecule has 19 heteroatoms. The number of aromatic nitrogens is 2. The average Bonchev–Trinajstić information content (AvgIpc) is 3.53. The Hall–Kier alpha value is -6.92. The van der Waals surface area contributed by atoms with Gasteiger partial charge in [0.05, 0.1) is 40.1 Å². The lowest BCUT2D eigenvalue weighted by molar-refractivity contribution is -0.144. The number of halogens is 12. The SMILES string of the molecule is O=C1c2c(-c3ccccc3)ccnc2CCCN1Cc1cc(C(F)(F)F)cc(C(F)(F)F)c1.O=C1c2c(-c3ccccc3)ccnc2OCCN1Cc1cc(C(F)(F)F)cc(C(F)(F)F)c1. The molecule has 0 radical (unpaired) electrons. The van der Waals surface area contributed by atoms with Crippen LogP contribution >= 0.6 is 0 Å². The first-order chi connectivity index (χ1) is 31.1. The van der Waals surface area contributed by atoms with E-state index in [1.165, 1.54) is 11.1 Å². The van der Waals surface area contributed by atoms with Gasteiger partial charge in [0, 0.05) is 37.6 Å². The Bertz CT molecular complexity index is 2470. The zero-order valence-electron chi connectivity index (χ0n) is 34.0. The maximum Gasteiger partial charge on any atom is 0.416 e. The third kappa shape index (κ3) is 10.8. The van der Waals surface area contributed by atoms with E-state index < -0.39 is 65.3 Å². The Morgan fingerprint density at radius 3 is 1.36 bits per heavy atom. The number of alkyl halides is 12. The Kier molecular flexibility index (Phi) is 13.2. The van der Waals surface area contributed by atoms with Crippen molar-refractivity contribution in [2.45, 2.75) is 50.6 Å². The molecule has 0 unspecified atom stereocenters. The van der Waals surface area contributed by atoms with Crippen molar-refractivity contribution in [3.05, 3.63) is 172 Å². The monoisotopic (exact) mass is 930 g/mol. The number of amides is 2. The molecule has 0 aliphatic carbocycles. The third-order valence-corrected chi connectivity index (χ3v) is 10.6. The molecule has 4 aromatic carbocycles. The number of fused-ring (bicyclic) bond motifs is 2. The molecule has 0 atom stereocenters. The topological polar surface area (TPSA) is 75.6 Å². The molecule has 0 bridgehead atoms. The molecule has 344 valence electrons. The summed E-state index contributed by atoms with van der Waals surface area (Å²) < 4.78 is 164.